The highest BCUT2D eigenvalue weighted by atomic mass is 35.5. The third kappa shape index (κ3) is 3.28. The van der Waals surface area contributed by atoms with Gasteiger partial charge in [0.2, 0.25) is 0 Å². The van der Waals surface area contributed by atoms with Crippen molar-refractivity contribution in [3.63, 3.8) is 0 Å². The van der Waals surface area contributed by atoms with Crippen LogP contribution in [-0.2, 0) is 11.3 Å². The molecule has 1 heterocycles. The first-order valence-electron chi connectivity index (χ1n) is 5.04. The van der Waals surface area contributed by atoms with Crippen LogP contribution in [0, 0.1) is 5.92 Å². The zero-order valence-electron chi connectivity index (χ0n) is 8.08. The van der Waals surface area contributed by atoms with Crippen LogP contribution in [0.4, 0.5) is 0 Å². The number of hydrogen-bond donors (Lipinski definition) is 0. The van der Waals surface area contributed by atoms with Crippen molar-refractivity contribution >= 4 is 11.6 Å². The molecule has 0 amide bonds. The largest absolute Gasteiger partial charge is 0.375 e. The molecule has 1 aliphatic carbocycles. The lowest BCUT2D eigenvalue weighted by Gasteiger charge is -2.02. The molecule has 0 unspecified atom stereocenters. The van der Waals surface area contributed by atoms with Crippen LogP contribution < -0.4 is 0 Å². The SMILES string of the molecule is Clc1cccc(COCCC2CC2)n1. The second kappa shape index (κ2) is 4.76. The molecule has 0 radical (unpaired) electrons. The maximum absolute atomic E-state index is 5.75. The summed E-state index contributed by atoms with van der Waals surface area (Å²) in [6.45, 7) is 1.42. The van der Waals surface area contributed by atoms with Crippen molar-refractivity contribution in [2.24, 2.45) is 5.92 Å². The number of rotatable bonds is 5. The topological polar surface area (TPSA) is 22.1 Å². The Morgan fingerprint density at radius 3 is 3.00 bits per heavy atom. The number of hydrogen-bond acceptors (Lipinski definition) is 2. The van der Waals surface area contributed by atoms with Gasteiger partial charge in [0.15, 0.2) is 0 Å². The van der Waals surface area contributed by atoms with Gasteiger partial charge in [-0.25, -0.2) is 4.98 Å². The standard InChI is InChI=1S/C11H14ClNO/c12-11-3-1-2-10(13-11)8-14-7-6-9-4-5-9/h1-3,9H,4-8H2. The normalized spacial score (nSPS) is 15.8. The Balaban J connectivity index is 1.68. The van der Waals surface area contributed by atoms with Gasteiger partial charge >= 0.3 is 0 Å². The molecule has 3 heteroatoms. The second-order valence-corrected chi connectivity index (χ2v) is 4.12. The zero-order chi connectivity index (χ0) is 9.80. The van der Waals surface area contributed by atoms with Crippen LogP contribution in [-0.4, -0.2) is 11.6 Å². The van der Waals surface area contributed by atoms with E-state index in [1.807, 2.05) is 12.1 Å². The van der Waals surface area contributed by atoms with E-state index in [-0.39, 0.29) is 0 Å². The van der Waals surface area contributed by atoms with Crippen LogP contribution in [0.5, 0.6) is 0 Å². The summed E-state index contributed by atoms with van der Waals surface area (Å²) >= 11 is 5.75. The molecule has 2 rings (SSSR count). The van der Waals surface area contributed by atoms with E-state index in [2.05, 4.69) is 4.98 Å². The van der Waals surface area contributed by atoms with E-state index in [1.54, 1.807) is 6.07 Å². The first kappa shape index (κ1) is 9.94. The Kier molecular flexibility index (Phi) is 3.38. The van der Waals surface area contributed by atoms with Crippen LogP contribution in [0.15, 0.2) is 18.2 Å². The summed E-state index contributed by atoms with van der Waals surface area (Å²) in [7, 11) is 0. The monoisotopic (exact) mass is 211 g/mol. The van der Waals surface area contributed by atoms with Gasteiger partial charge in [-0.3, -0.25) is 0 Å². The summed E-state index contributed by atoms with van der Waals surface area (Å²) in [6.07, 6.45) is 3.97. The Bertz CT molecular complexity index is 299. The van der Waals surface area contributed by atoms with E-state index in [0.29, 0.717) is 11.8 Å². The molecule has 1 aliphatic rings. The van der Waals surface area contributed by atoms with Crippen molar-refractivity contribution in [1.82, 2.24) is 4.98 Å². The number of pyridine rings is 1. The predicted octanol–water partition coefficient (Wildman–Crippen LogP) is 3.05. The molecule has 0 saturated heterocycles. The van der Waals surface area contributed by atoms with Gasteiger partial charge < -0.3 is 4.74 Å². The lowest BCUT2D eigenvalue weighted by atomic mass is 10.3. The molecule has 0 N–H and O–H groups in total. The summed E-state index contributed by atoms with van der Waals surface area (Å²) < 4.78 is 5.50. The lowest BCUT2D eigenvalue weighted by molar-refractivity contribution is 0.112. The lowest BCUT2D eigenvalue weighted by Crippen LogP contribution is -1.98. The minimum atomic E-state index is 0.535. The van der Waals surface area contributed by atoms with E-state index in [1.165, 1.54) is 19.3 Å². The van der Waals surface area contributed by atoms with Crippen molar-refractivity contribution in [2.45, 2.75) is 25.9 Å². The van der Waals surface area contributed by atoms with Crippen LogP contribution in [0.1, 0.15) is 25.0 Å². The molecule has 0 atom stereocenters. The summed E-state index contributed by atoms with van der Waals surface area (Å²) in [5, 5.41) is 0.535. The molecular formula is C11H14ClNO. The first-order chi connectivity index (χ1) is 6.84. The summed E-state index contributed by atoms with van der Waals surface area (Å²) in [5.74, 6) is 0.933. The van der Waals surface area contributed by atoms with E-state index in [4.69, 9.17) is 16.3 Å². The Morgan fingerprint density at radius 2 is 2.29 bits per heavy atom. The van der Waals surface area contributed by atoms with E-state index in [9.17, 15) is 0 Å². The fourth-order valence-electron chi connectivity index (χ4n) is 1.36. The minimum Gasteiger partial charge on any atom is -0.375 e. The van der Waals surface area contributed by atoms with Crippen LogP contribution in [0.2, 0.25) is 5.15 Å². The zero-order valence-corrected chi connectivity index (χ0v) is 8.83. The van der Waals surface area contributed by atoms with Gasteiger partial charge in [-0.2, -0.15) is 0 Å². The van der Waals surface area contributed by atoms with Gasteiger partial charge in [-0.05, 0) is 24.5 Å². The molecule has 1 fully saturated rings. The molecule has 76 valence electrons. The molecule has 14 heavy (non-hydrogen) atoms. The van der Waals surface area contributed by atoms with Gasteiger partial charge in [0.25, 0.3) is 0 Å². The van der Waals surface area contributed by atoms with Crippen molar-refractivity contribution in [3.05, 3.63) is 29.0 Å². The Morgan fingerprint density at radius 1 is 1.43 bits per heavy atom. The third-order valence-corrected chi connectivity index (χ3v) is 2.60. The summed E-state index contributed by atoms with van der Waals surface area (Å²) in [5.41, 5.74) is 0.910. The first-order valence-corrected chi connectivity index (χ1v) is 5.41. The van der Waals surface area contributed by atoms with E-state index >= 15 is 0 Å². The Hall–Kier alpha value is -0.600. The molecular weight excluding hydrogens is 198 g/mol. The third-order valence-electron chi connectivity index (χ3n) is 2.39. The van der Waals surface area contributed by atoms with Crippen molar-refractivity contribution in [2.75, 3.05) is 6.61 Å². The highest BCUT2D eigenvalue weighted by Crippen LogP contribution is 2.32. The second-order valence-electron chi connectivity index (χ2n) is 3.74. The van der Waals surface area contributed by atoms with Gasteiger partial charge in [0.05, 0.1) is 12.3 Å². The van der Waals surface area contributed by atoms with Crippen LogP contribution in [0.25, 0.3) is 0 Å². The Labute approximate surface area is 89.3 Å². The molecule has 0 bridgehead atoms. The van der Waals surface area contributed by atoms with Gasteiger partial charge in [-0.15, -0.1) is 0 Å². The predicted molar refractivity (Wildman–Crippen MR) is 56.2 cm³/mol. The number of aromatic nitrogens is 1. The molecule has 0 aliphatic heterocycles. The molecule has 1 saturated carbocycles. The van der Waals surface area contributed by atoms with Crippen molar-refractivity contribution < 1.29 is 4.74 Å². The van der Waals surface area contributed by atoms with Crippen molar-refractivity contribution in [3.8, 4) is 0 Å². The van der Waals surface area contributed by atoms with E-state index in [0.717, 1.165) is 18.2 Å². The average Bonchev–Trinajstić information content (AvgIpc) is 2.96. The summed E-state index contributed by atoms with van der Waals surface area (Å²) in [6, 6.07) is 5.60. The summed E-state index contributed by atoms with van der Waals surface area (Å²) in [4.78, 5) is 4.15. The average molecular weight is 212 g/mol. The highest BCUT2D eigenvalue weighted by Gasteiger charge is 2.20. The molecule has 1 aromatic heterocycles. The van der Waals surface area contributed by atoms with E-state index < -0.39 is 0 Å². The van der Waals surface area contributed by atoms with Gasteiger partial charge in [-0.1, -0.05) is 30.5 Å². The van der Waals surface area contributed by atoms with Gasteiger partial charge in [0.1, 0.15) is 5.15 Å². The maximum atomic E-state index is 5.75. The number of halogens is 1. The van der Waals surface area contributed by atoms with Crippen LogP contribution >= 0.6 is 11.6 Å². The van der Waals surface area contributed by atoms with Crippen LogP contribution in [0.3, 0.4) is 0 Å². The minimum absolute atomic E-state index is 0.535. The fourth-order valence-corrected chi connectivity index (χ4v) is 1.55. The quantitative estimate of drug-likeness (QED) is 0.552. The molecule has 0 aromatic carbocycles. The smallest absolute Gasteiger partial charge is 0.129 e. The fraction of sp³-hybridized carbons (Fsp3) is 0.545. The van der Waals surface area contributed by atoms with Crippen molar-refractivity contribution in [1.29, 1.82) is 0 Å². The molecule has 0 spiro atoms. The number of ether oxygens (including phenoxy) is 1. The maximum Gasteiger partial charge on any atom is 0.129 e. The highest BCUT2D eigenvalue weighted by molar-refractivity contribution is 6.29. The molecule has 2 nitrogen and oxygen atoms in total. The molecule has 1 aromatic rings. The number of nitrogens with zero attached hydrogens (tertiary/aromatic N) is 1. The van der Waals surface area contributed by atoms with Gasteiger partial charge in [0, 0.05) is 6.61 Å².